The maximum Gasteiger partial charge on any atom is 0.243 e. The first kappa shape index (κ1) is 34.4. The van der Waals surface area contributed by atoms with Crippen molar-refractivity contribution in [3.63, 3.8) is 0 Å². The van der Waals surface area contributed by atoms with E-state index in [-0.39, 0.29) is 79.5 Å². The number of carbonyl (C=O) groups is 7. The number of nitrogens with one attached hydrogen (secondary N) is 4. The smallest absolute Gasteiger partial charge is 0.243 e. The maximum absolute atomic E-state index is 12.7. The molecule has 1 saturated heterocycles. The van der Waals surface area contributed by atoms with Gasteiger partial charge in [0.2, 0.25) is 35.4 Å². The average Bonchev–Trinajstić information content (AvgIpc) is 3.30. The molecule has 240 valence electrons. The van der Waals surface area contributed by atoms with E-state index >= 15 is 0 Å². The zero-order valence-electron chi connectivity index (χ0n) is 25.9. The van der Waals surface area contributed by atoms with E-state index in [4.69, 9.17) is 0 Å². The molecule has 2 atom stereocenters. The van der Waals surface area contributed by atoms with Gasteiger partial charge in [0.1, 0.15) is 6.04 Å². The van der Waals surface area contributed by atoms with Crippen LogP contribution in [0.5, 0.6) is 0 Å². The van der Waals surface area contributed by atoms with Crippen LogP contribution in [0.2, 0.25) is 0 Å². The lowest BCUT2D eigenvalue weighted by Crippen LogP contribution is -2.51. The molecule has 2 unspecified atom stereocenters. The van der Waals surface area contributed by atoms with E-state index in [0.29, 0.717) is 32.2 Å². The minimum absolute atomic E-state index is 0.0944. The van der Waals surface area contributed by atoms with Crippen molar-refractivity contribution >= 4 is 41.2 Å². The van der Waals surface area contributed by atoms with Gasteiger partial charge in [0.05, 0.1) is 19.6 Å². The number of hydrogen-bond donors (Lipinski definition) is 4. The molecule has 1 saturated carbocycles. The first-order valence-electron chi connectivity index (χ1n) is 15.5. The molecule has 1 aromatic rings. The molecule has 44 heavy (non-hydrogen) atoms. The Morgan fingerprint density at radius 3 is 2.14 bits per heavy atom. The van der Waals surface area contributed by atoms with Crippen LogP contribution < -0.4 is 21.3 Å². The highest BCUT2D eigenvalue weighted by Crippen LogP contribution is 2.33. The zero-order valence-corrected chi connectivity index (χ0v) is 25.9. The summed E-state index contributed by atoms with van der Waals surface area (Å²) in [7, 11) is 0. The lowest BCUT2D eigenvalue weighted by atomic mass is 9.81. The number of carbonyl (C=O) groups excluding carboxylic acids is 7. The van der Waals surface area contributed by atoms with Crippen LogP contribution in [0.3, 0.4) is 0 Å². The predicted octanol–water partition coefficient (Wildman–Crippen LogP) is 0.879. The van der Waals surface area contributed by atoms with E-state index in [1.165, 1.54) is 4.90 Å². The van der Waals surface area contributed by atoms with Gasteiger partial charge in [-0.15, -0.1) is 0 Å². The van der Waals surface area contributed by atoms with E-state index in [1.54, 1.807) is 6.92 Å². The van der Waals surface area contributed by atoms with Crippen LogP contribution in [0.1, 0.15) is 64.9 Å². The monoisotopic (exact) mass is 611 g/mol. The third-order valence-corrected chi connectivity index (χ3v) is 8.40. The van der Waals surface area contributed by atoms with Gasteiger partial charge in [-0.3, -0.25) is 38.5 Å². The second kappa shape index (κ2) is 16.7. The average molecular weight is 612 g/mol. The highest BCUT2D eigenvalue weighted by molar-refractivity contribution is 6.03. The van der Waals surface area contributed by atoms with E-state index in [2.05, 4.69) is 21.3 Å². The summed E-state index contributed by atoms with van der Waals surface area (Å²) in [5.41, 5.74) is 0.813. The molecule has 0 aromatic heterocycles. The Hall–Kier alpha value is -4.09. The van der Waals surface area contributed by atoms with Gasteiger partial charge in [0.15, 0.2) is 5.78 Å². The Kier molecular flexibility index (Phi) is 13.0. The van der Waals surface area contributed by atoms with Gasteiger partial charge in [-0.25, -0.2) is 0 Å². The van der Waals surface area contributed by atoms with Crippen molar-refractivity contribution in [2.75, 3.05) is 26.2 Å². The summed E-state index contributed by atoms with van der Waals surface area (Å²) in [6.45, 7) is 5.16. The summed E-state index contributed by atoms with van der Waals surface area (Å²) in [4.78, 5) is 88.3. The third kappa shape index (κ3) is 10.3. The van der Waals surface area contributed by atoms with Gasteiger partial charge in [-0.2, -0.15) is 0 Å². The van der Waals surface area contributed by atoms with Gasteiger partial charge >= 0.3 is 0 Å². The van der Waals surface area contributed by atoms with Crippen molar-refractivity contribution in [2.24, 2.45) is 23.7 Å². The highest BCUT2D eigenvalue weighted by atomic mass is 16.2. The summed E-state index contributed by atoms with van der Waals surface area (Å²) in [6, 6.07) is 8.15. The predicted molar refractivity (Wildman–Crippen MR) is 162 cm³/mol. The molecule has 6 amide bonds. The van der Waals surface area contributed by atoms with Crippen LogP contribution in [0.4, 0.5) is 0 Å². The molecule has 2 fully saturated rings. The molecule has 1 aliphatic carbocycles. The van der Waals surface area contributed by atoms with E-state index in [9.17, 15) is 33.6 Å². The largest absolute Gasteiger partial charge is 0.347 e. The second-order valence-electron chi connectivity index (χ2n) is 12.0. The number of rotatable bonds is 15. The maximum atomic E-state index is 12.7. The van der Waals surface area contributed by atoms with Gasteiger partial charge in [-0.1, -0.05) is 51.1 Å². The van der Waals surface area contributed by atoms with Crippen molar-refractivity contribution in [2.45, 2.75) is 71.8 Å². The first-order valence-corrected chi connectivity index (χ1v) is 15.5. The number of imide groups is 1. The molecule has 12 heteroatoms. The number of likely N-dealkylation sites (tertiary alicyclic amines) is 1. The fourth-order valence-electron chi connectivity index (χ4n) is 5.58. The normalized spacial score (nSPS) is 20.6. The number of benzene rings is 1. The van der Waals surface area contributed by atoms with Crippen molar-refractivity contribution in [3.05, 3.63) is 35.9 Å². The van der Waals surface area contributed by atoms with Gasteiger partial charge in [-0.05, 0) is 43.1 Å². The summed E-state index contributed by atoms with van der Waals surface area (Å²) >= 11 is 0. The molecular formula is C32H45N5O7. The van der Waals surface area contributed by atoms with E-state index in [0.717, 1.165) is 5.56 Å². The zero-order chi connectivity index (χ0) is 32.2. The fraction of sp³-hybridized carbons (Fsp3) is 0.594. The molecule has 1 aliphatic heterocycles. The van der Waals surface area contributed by atoms with Crippen LogP contribution in [-0.4, -0.2) is 78.3 Å². The fourth-order valence-corrected chi connectivity index (χ4v) is 5.58. The van der Waals surface area contributed by atoms with E-state index in [1.807, 2.05) is 44.2 Å². The molecule has 2 aliphatic rings. The minimum atomic E-state index is -0.945. The van der Waals surface area contributed by atoms with Gasteiger partial charge in [0.25, 0.3) is 0 Å². The summed E-state index contributed by atoms with van der Waals surface area (Å²) in [5.74, 6) is -2.50. The first-order chi connectivity index (χ1) is 21.0. The lowest BCUT2D eigenvalue weighted by Gasteiger charge is -2.30. The molecule has 3 rings (SSSR count). The minimum Gasteiger partial charge on any atom is -0.347 e. The Morgan fingerprint density at radius 2 is 1.52 bits per heavy atom. The number of nitrogens with zero attached hydrogens (tertiary/aromatic N) is 1. The van der Waals surface area contributed by atoms with Crippen LogP contribution in [0.15, 0.2) is 30.3 Å². The van der Waals surface area contributed by atoms with E-state index < -0.39 is 30.3 Å². The van der Waals surface area contributed by atoms with Crippen LogP contribution in [-0.2, 0) is 40.0 Å². The molecule has 1 heterocycles. The quantitative estimate of drug-likeness (QED) is 0.213. The Bertz CT molecular complexity index is 1210. The van der Waals surface area contributed by atoms with Gasteiger partial charge < -0.3 is 21.3 Å². The number of ketones is 1. The molecule has 4 N–H and O–H groups in total. The molecule has 12 nitrogen and oxygen atoms in total. The third-order valence-electron chi connectivity index (χ3n) is 8.40. The Morgan fingerprint density at radius 1 is 0.864 bits per heavy atom. The molecule has 0 bridgehead atoms. The summed E-state index contributed by atoms with van der Waals surface area (Å²) in [6.07, 6.45) is 3.35. The Labute approximate surface area is 258 Å². The molecular weight excluding hydrogens is 566 g/mol. The van der Waals surface area contributed by atoms with Crippen molar-refractivity contribution in [3.8, 4) is 0 Å². The standard InChI is InChI=1S/C32H45N5O7/c1-4-24(38)16-34-31(43)26(14-21-8-6-5-7-9-21)36-28(40)18-33-27(39)17-35-30(42)23-12-10-22(11-13-23)19-37-29(41)15-25(20(2)3)32(37)44/h5-9,20,22-23,25-26H,4,10-19H2,1-3H3,(H,33,39)(H,34,43)(H,35,42)(H,36,40). The summed E-state index contributed by atoms with van der Waals surface area (Å²) in [5, 5.41) is 10.2. The lowest BCUT2D eigenvalue weighted by molar-refractivity contribution is -0.141. The molecule has 0 radical (unpaired) electrons. The Balaban J connectivity index is 1.38. The SMILES string of the molecule is CCC(=O)CNC(=O)C(Cc1ccccc1)NC(=O)CNC(=O)CNC(=O)C1CCC(CN2C(=O)CC(C(C)C)C2=O)CC1. The van der Waals surface area contributed by atoms with Gasteiger partial charge in [0, 0.05) is 37.6 Å². The van der Waals surface area contributed by atoms with Crippen molar-refractivity contribution < 1.29 is 33.6 Å². The second-order valence-corrected chi connectivity index (χ2v) is 12.0. The number of hydrogen-bond acceptors (Lipinski definition) is 7. The number of amides is 6. The highest BCUT2D eigenvalue weighted by Gasteiger charge is 2.41. The van der Waals surface area contributed by atoms with Crippen molar-refractivity contribution in [1.29, 1.82) is 0 Å². The number of Topliss-reactive ketones (excluding diaryl/α,β-unsaturated/α-hetero) is 1. The van der Waals surface area contributed by atoms with Crippen molar-refractivity contribution in [1.82, 2.24) is 26.2 Å². The molecule has 0 spiro atoms. The topological polar surface area (TPSA) is 171 Å². The van der Waals surface area contributed by atoms with Crippen LogP contribution >= 0.6 is 0 Å². The van der Waals surface area contributed by atoms with Crippen LogP contribution in [0.25, 0.3) is 0 Å². The van der Waals surface area contributed by atoms with Crippen LogP contribution in [0, 0.1) is 23.7 Å². The molecule has 1 aromatic carbocycles. The summed E-state index contributed by atoms with van der Waals surface area (Å²) < 4.78 is 0.